The van der Waals surface area contributed by atoms with Crippen molar-refractivity contribution in [3.05, 3.63) is 12.7 Å². The standard InChI is InChI=1S/C8H15O6P/c1-3-5-13-15(11,12)14-6-8(10)7(9)4-2/h4,8,10H,2-3,5-6H2,1H3,(H,11,12). The molecule has 0 saturated carbocycles. The Morgan fingerprint density at radius 3 is 2.67 bits per heavy atom. The van der Waals surface area contributed by atoms with Gasteiger partial charge in [0.25, 0.3) is 0 Å². The van der Waals surface area contributed by atoms with E-state index in [0.29, 0.717) is 6.42 Å². The third-order valence-corrected chi connectivity index (χ3v) is 2.37. The van der Waals surface area contributed by atoms with E-state index in [1.54, 1.807) is 6.92 Å². The minimum Gasteiger partial charge on any atom is -0.382 e. The van der Waals surface area contributed by atoms with E-state index in [1.807, 2.05) is 0 Å². The summed E-state index contributed by atoms with van der Waals surface area (Å²) in [5.41, 5.74) is 0. The zero-order chi connectivity index (χ0) is 11.9. The number of hydrogen-bond donors (Lipinski definition) is 2. The Kier molecular flexibility index (Phi) is 6.63. The fourth-order valence-corrected chi connectivity index (χ4v) is 1.44. The molecule has 0 heterocycles. The summed E-state index contributed by atoms with van der Waals surface area (Å²) in [4.78, 5) is 19.8. The van der Waals surface area contributed by atoms with Crippen LogP contribution in [0.1, 0.15) is 13.3 Å². The smallest absolute Gasteiger partial charge is 0.382 e. The van der Waals surface area contributed by atoms with E-state index >= 15 is 0 Å². The minimum atomic E-state index is -4.16. The quantitative estimate of drug-likeness (QED) is 0.476. The number of rotatable bonds is 8. The maximum Gasteiger partial charge on any atom is 0.472 e. The van der Waals surface area contributed by atoms with Gasteiger partial charge in [0, 0.05) is 0 Å². The first kappa shape index (κ1) is 14.5. The van der Waals surface area contributed by atoms with Crippen molar-refractivity contribution in [1.82, 2.24) is 0 Å². The van der Waals surface area contributed by atoms with Crippen molar-refractivity contribution in [3.8, 4) is 0 Å². The van der Waals surface area contributed by atoms with E-state index < -0.39 is 26.3 Å². The van der Waals surface area contributed by atoms with Crippen LogP contribution in [0.4, 0.5) is 0 Å². The predicted molar refractivity (Wildman–Crippen MR) is 53.2 cm³/mol. The third kappa shape index (κ3) is 6.54. The summed E-state index contributed by atoms with van der Waals surface area (Å²) in [5, 5.41) is 9.07. The Labute approximate surface area is 88.1 Å². The maximum absolute atomic E-state index is 11.1. The van der Waals surface area contributed by atoms with Crippen LogP contribution in [-0.4, -0.2) is 35.1 Å². The summed E-state index contributed by atoms with van der Waals surface area (Å²) in [7, 11) is -4.16. The molecule has 0 aliphatic carbocycles. The molecule has 2 unspecified atom stereocenters. The molecular formula is C8H15O6P. The molecule has 7 heteroatoms. The molecule has 88 valence electrons. The second-order valence-corrected chi connectivity index (χ2v) is 4.17. The van der Waals surface area contributed by atoms with Gasteiger partial charge in [-0.2, -0.15) is 0 Å². The second kappa shape index (κ2) is 6.87. The number of aliphatic hydroxyl groups excluding tert-OH is 1. The fourth-order valence-electron chi connectivity index (χ4n) is 0.627. The van der Waals surface area contributed by atoms with Gasteiger partial charge in [-0.3, -0.25) is 13.8 Å². The van der Waals surface area contributed by atoms with Gasteiger partial charge in [0.05, 0.1) is 13.2 Å². The Morgan fingerprint density at radius 2 is 2.20 bits per heavy atom. The summed E-state index contributed by atoms with van der Waals surface area (Å²) in [6.07, 6.45) is -0.0288. The predicted octanol–water partition coefficient (Wildman–Crippen LogP) is 0.646. The monoisotopic (exact) mass is 238 g/mol. The van der Waals surface area contributed by atoms with Crippen LogP contribution < -0.4 is 0 Å². The number of aliphatic hydroxyl groups is 1. The van der Waals surface area contributed by atoms with Crippen LogP contribution in [0, 0.1) is 0 Å². The molecule has 6 nitrogen and oxygen atoms in total. The van der Waals surface area contributed by atoms with Crippen molar-refractivity contribution >= 4 is 13.6 Å². The summed E-state index contributed by atoms with van der Waals surface area (Å²) < 4.78 is 19.9. The first-order chi connectivity index (χ1) is 6.93. The van der Waals surface area contributed by atoms with Crippen molar-refractivity contribution in [2.45, 2.75) is 19.4 Å². The SMILES string of the molecule is C=CC(=O)C(O)COP(=O)(O)OCCC. The van der Waals surface area contributed by atoms with Crippen LogP contribution in [-0.2, 0) is 18.4 Å². The molecule has 0 spiro atoms. The molecule has 0 aliphatic heterocycles. The summed E-state index contributed by atoms with van der Waals surface area (Å²) in [5.74, 6) is -0.675. The van der Waals surface area contributed by atoms with Gasteiger partial charge in [-0.25, -0.2) is 4.57 Å². The topological polar surface area (TPSA) is 93.1 Å². The lowest BCUT2D eigenvalue weighted by Gasteiger charge is -2.13. The summed E-state index contributed by atoms with van der Waals surface area (Å²) in [6, 6.07) is 0. The molecule has 0 bridgehead atoms. The Bertz CT molecular complexity index is 264. The van der Waals surface area contributed by atoms with Gasteiger partial charge in [-0.15, -0.1) is 0 Å². The highest BCUT2D eigenvalue weighted by Crippen LogP contribution is 2.43. The molecule has 0 rings (SSSR count). The number of hydrogen-bond acceptors (Lipinski definition) is 5. The van der Waals surface area contributed by atoms with Crippen molar-refractivity contribution < 1.29 is 28.4 Å². The van der Waals surface area contributed by atoms with Gasteiger partial charge in [0.1, 0.15) is 6.10 Å². The molecule has 0 aromatic carbocycles. The van der Waals surface area contributed by atoms with Crippen LogP contribution in [0.2, 0.25) is 0 Å². The van der Waals surface area contributed by atoms with E-state index in [2.05, 4.69) is 15.6 Å². The molecule has 2 atom stereocenters. The van der Waals surface area contributed by atoms with Gasteiger partial charge >= 0.3 is 7.82 Å². The highest BCUT2D eigenvalue weighted by molar-refractivity contribution is 7.47. The van der Waals surface area contributed by atoms with Gasteiger partial charge in [-0.05, 0) is 12.5 Å². The molecule has 0 aromatic rings. The molecule has 2 N–H and O–H groups in total. The molecule has 0 radical (unpaired) electrons. The zero-order valence-electron chi connectivity index (χ0n) is 8.46. The Hall–Kier alpha value is -0.520. The van der Waals surface area contributed by atoms with Gasteiger partial charge in [0.15, 0.2) is 5.78 Å². The minimum absolute atomic E-state index is 0.0687. The summed E-state index contributed by atoms with van der Waals surface area (Å²) in [6.45, 7) is 4.38. The van der Waals surface area contributed by atoms with E-state index in [9.17, 15) is 9.36 Å². The van der Waals surface area contributed by atoms with E-state index in [1.165, 1.54) is 0 Å². The molecule has 15 heavy (non-hydrogen) atoms. The van der Waals surface area contributed by atoms with Crippen LogP contribution in [0.15, 0.2) is 12.7 Å². The molecule has 0 amide bonds. The van der Waals surface area contributed by atoms with Crippen LogP contribution in [0.25, 0.3) is 0 Å². The lowest BCUT2D eigenvalue weighted by Crippen LogP contribution is -2.23. The van der Waals surface area contributed by atoms with Crippen LogP contribution in [0.5, 0.6) is 0 Å². The van der Waals surface area contributed by atoms with Gasteiger partial charge in [0.2, 0.25) is 0 Å². The third-order valence-electron chi connectivity index (χ3n) is 1.38. The Morgan fingerprint density at radius 1 is 1.60 bits per heavy atom. The Balaban J connectivity index is 3.97. The maximum atomic E-state index is 11.1. The molecule has 0 saturated heterocycles. The number of phosphoric acid groups is 1. The van der Waals surface area contributed by atoms with Crippen molar-refractivity contribution in [1.29, 1.82) is 0 Å². The molecule has 0 fully saturated rings. The van der Waals surface area contributed by atoms with Gasteiger partial charge < -0.3 is 10.00 Å². The molecule has 0 aromatic heterocycles. The highest BCUT2D eigenvalue weighted by Gasteiger charge is 2.23. The van der Waals surface area contributed by atoms with E-state index in [-0.39, 0.29) is 6.61 Å². The first-order valence-electron chi connectivity index (χ1n) is 4.39. The zero-order valence-corrected chi connectivity index (χ0v) is 9.35. The molecular weight excluding hydrogens is 223 g/mol. The highest BCUT2D eigenvalue weighted by atomic mass is 31.2. The first-order valence-corrected chi connectivity index (χ1v) is 5.88. The largest absolute Gasteiger partial charge is 0.472 e. The van der Waals surface area contributed by atoms with E-state index in [4.69, 9.17) is 10.00 Å². The van der Waals surface area contributed by atoms with Crippen LogP contribution >= 0.6 is 7.82 Å². The number of carbonyl (C=O) groups is 1. The molecule has 0 aliphatic rings. The lowest BCUT2D eigenvalue weighted by molar-refractivity contribution is -0.123. The average molecular weight is 238 g/mol. The lowest BCUT2D eigenvalue weighted by atomic mass is 10.2. The normalized spacial score (nSPS) is 16.7. The average Bonchev–Trinajstić information content (AvgIpc) is 2.22. The van der Waals surface area contributed by atoms with Gasteiger partial charge in [-0.1, -0.05) is 13.5 Å². The van der Waals surface area contributed by atoms with E-state index in [0.717, 1.165) is 6.08 Å². The van der Waals surface area contributed by atoms with Crippen molar-refractivity contribution in [3.63, 3.8) is 0 Å². The van der Waals surface area contributed by atoms with Crippen molar-refractivity contribution in [2.75, 3.05) is 13.2 Å². The summed E-state index contributed by atoms with van der Waals surface area (Å²) >= 11 is 0. The van der Waals surface area contributed by atoms with Crippen molar-refractivity contribution in [2.24, 2.45) is 0 Å². The number of phosphoric ester groups is 1. The number of carbonyl (C=O) groups excluding carboxylic acids is 1. The fraction of sp³-hybridized carbons (Fsp3) is 0.625. The number of ketones is 1. The van der Waals surface area contributed by atoms with Crippen LogP contribution in [0.3, 0.4) is 0 Å². The second-order valence-electron chi connectivity index (χ2n) is 2.72.